The van der Waals surface area contributed by atoms with E-state index in [9.17, 15) is 23.5 Å². The second kappa shape index (κ2) is 11.0. The number of hydrogen-bond donors (Lipinski definition) is 1. The summed E-state index contributed by atoms with van der Waals surface area (Å²) in [7, 11) is 1.61. The van der Waals surface area contributed by atoms with E-state index < -0.39 is 6.61 Å². The molecule has 10 nitrogen and oxygen atoms in total. The first kappa shape index (κ1) is 27.3. The number of carbonyl (C=O) groups is 1. The smallest absolute Gasteiger partial charge is 0.387 e. The number of piperazine rings is 1. The molecule has 2 aromatic carbocycles. The summed E-state index contributed by atoms with van der Waals surface area (Å²) < 4.78 is 33.9. The van der Waals surface area contributed by atoms with Gasteiger partial charge in [-0.05, 0) is 42.3 Å². The van der Waals surface area contributed by atoms with E-state index in [2.05, 4.69) is 9.97 Å². The van der Waals surface area contributed by atoms with E-state index >= 15 is 0 Å². The molecule has 1 amide bonds. The number of fused-ring (bicyclic) bond motifs is 1. The van der Waals surface area contributed by atoms with Crippen LogP contribution in [0.5, 0.6) is 5.75 Å². The maximum Gasteiger partial charge on any atom is 0.387 e. The molecule has 0 saturated carbocycles. The van der Waals surface area contributed by atoms with Crippen LogP contribution in [0.3, 0.4) is 0 Å². The van der Waals surface area contributed by atoms with Gasteiger partial charge in [-0.2, -0.15) is 8.78 Å². The van der Waals surface area contributed by atoms with Crippen molar-refractivity contribution >= 4 is 22.8 Å². The molecular formula is C28H30F2N6O4. The van der Waals surface area contributed by atoms with Gasteiger partial charge in [-0.1, -0.05) is 12.1 Å². The molecule has 210 valence electrons. The normalized spacial score (nSPS) is 15.7. The number of aromatic nitrogens is 4. The van der Waals surface area contributed by atoms with Crippen molar-refractivity contribution in [2.24, 2.45) is 7.05 Å². The highest BCUT2D eigenvalue weighted by atomic mass is 19.3. The Morgan fingerprint density at radius 1 is 1.12 bits per heavy atom. The molecule has 40 heavy (non-hydrogen) atoms. The lowest BCUT2D eigenvalue weighted by Crippen LogP contribution is -2.53. The summed E-state index contributed by atoms with van der Waals surface area (Å²) in [5.41, 5.74) is 2.82. The monoisotopic (exact) mass is 552 g/mol. The summed E-state index contributed by atoms with van der Waals surface area (Å²) in [5, 5.41) is 10.0. The standard InChI is InChI=1S/C28H30F2N6O4/c1-17-14-34(8-9-35(17)18(2)38)28-31-12-22(13-32-28)20-5-6-23-24(11-20)36(33(3)26(23)39)15-21-10-19(16-37)4-7-25(21)40-27(29)30/h4-7,10-13,17,27,37H,8-9,14-16H2,1-3H3/t17-/m1/s1. The number of aliphatic hydroxyl groups is 1. The minimum absolute atomic E-state index is 0.0277. The van der Waals surface area contributed by atoms with E-state index in [-0.39, 0.29) is 36.4 Å². The van der Waals surface area contributed by atoms with Crippen LogP contribution < -0.4 is 15.2 Å². The van der Waals surface area contributed by atoms with Crippen LogP contribution in [0.1, 0.15) is 25.0 Å². The highest BCUT2D eigenvalue weighted by molar-refractivity contribution is 5.84. The van der Waals surface area contributed by atoms with Gasteiger partial charge in [0.1, 0.15) is 5.75 Å². The number of nitrogens with zero attached hydrogens (tertiary/aromatic N) is 6. The van der Waals surface area contributed by atoms with Gasteiger partial charge in [-0.15, -0.1) is 0 Å². The number of hydrogen-bond acceptors (Lipinski definition) is 7. The first-order valence-electron chi connectivity index (χ1n) is 12.9. The maximum atomic E-state index is 13.1. The van der Waals surface area contributed by atoms with Gasteiger partial charge >= 0.3 is 6.61 Å². The predicted molar refractivity (Wildman–Crippen MR) is 145 cm³/mol. The Balaban J connectivity index is 1.46. The number of alkyl halides is 2. The lowest BCUT2D eigenvalue weighted by Gasteiger charge is -2.39. The molecule has 5 rings (SSSR count). The lowest BCUT2D eigenvalue weighted by atomic mass is 10.1. The Morgan fingerprint density at radius 2 is 1.88 bits per heavy atom. The van der Waals surface area contributed by atoms with Crippen LogP contribution >= 0.6 is 0 Å². The van der Waals surface area contributed by atoms with E-state index in [0.717, 1.165) is 11.1 Å². The topological polar surface area (TPSA) is 106 Å². The van der Waals surface area contributed by atoms with Gasteiger partial charge in [0.05, 0.1) is 24.1 Å². The fraction of sp³-hybridized carbons (Fsp3) is 0.357. The summed E-state index contributed by atoms with van der Waals surface area (Å²) >= 11 is 0. The molecule has 0 radical (unpaired) electrons. The second-order valence-corrected chi connectivity index (χ2v) is 9.88. The molecule has 1 N–H and O–H groups in total. The van der Waals surface area contributed by atoms with Gasteiger partial charge in [-0.3, -0.25) is 19.0 Å². The fourth-order valence-electron chi connectivity index (χ4n) is 5.21. The van der Waals surface area contributed by atoms with Gasteiger partial charge in [0.2, 0.25) is 11.9 Å². The van der Waals surface area contributed by atoms with Crippen molar-refractivity contribution < 1.29 is 23.4 Å². The quantitative estimate of drug-likeness (QED) is 0.376. The number of benzene rings is 2. The summed E-state index contributed by atoms with van der Waals surface area (Å²) in [5.74, 6) is 0.601. The maximum absolute atomic E-state index is 13.1. The first-order valence-corrected chi connectivity index (χ1v) is 12.9. The Labute approximate surface area is 229 Å². The number of carbonyl (C=O) groups excluding carboxylic acids is 1. The molecule has 12 heteroatoms. The molecule has 2 aromatic heterocycles. The fourth-order valence-corrected chi connectivity index (χ4v) is 5.21. The second-order valence-electron chi connectivity index (χ2n) is 9.88. The van der Waals surface area contributed by atoms with Gasteiger partial charge in [0.15, 0.2) is 0 Å². The van der Waals surface area contributed by atoms with E-state index in [4.69, 9.17) is 4.74 Å². The van der Waals surface area contributed by atoms with Crippen LogP contribution in [-0.2, 0) is 25.0 Å². The van der Waals surface area contributed by atoms with Crippen molar-refractivity contribution in [1.29, 1.82) is 0 Å². The minimum atomic E-state index is -3.01. The summed E-state index contributed by atoms with van der Waals surface area (Å²) in [6.45, 7) is 2.24. The summed E-state index contributed by atoms with van der Waals surface area (Å²) in [4.78, 5) is 37.8. The molecule has 4 aromatic rings. The number of amides is 1. The third-order valence-electron chi connectivity index (χ3n) is 7.29. The molecule has 0 aliphatic carbocycles. The highest BCUT2D eigenvalue weighted by Crippen LogP contribution is 2.27. The number of aliphatic hydroxyl groups excluding tert-OH is 1. The first-order chi connectivity index (χ1) is 19.2. The number of halogens is 2. The van der Waals surface area contributed by atoms with Gasteiger partial charge in [-0.25, -0.2) is 9.97 Å². The van der Waals surface area contributed by atoms with Crippen molar-refractivity contribution in [2.45, 2.75) is 39.7 Å². The Morgan fingerprint density at radius 3 is 2.52 bits per heavy atom. The zero-order valence-corrected chi connectivity index (χ0v) is 22.4. The molecule has 1 atom stereocenters. The molecule has 0 unspecified atom stereocenters. The van der Waals surface area contributed by atoms with Crippen LogP contribution in [0.25, 0.3) is 22.0 Å². The molecule has 1 aliphatic heterocycles. The van der Waals surface area contributed by atoms with Gasteiger partial charge in [0.25, 0.3) is 5.56 Å². The molecule has 0 bridgehead atoms. The van der Waals surface area contributed by atoms with Gasteiger partial charge < -0.3 is 19.6 Å². The Hall–Kier alpha value is -4.32. The van der Waals surface area contributed by atoms with E-state index in [0.29, 0.717) is 47.6 Å². The highest BCUT2D eigenvalue weighted by Gasteiger charge is 2.26. The Bertz CT molecular complexity index is 1600. The number of rotatable bonds is 7. The van der Waals surface area contributed by atoms with Crippen molar-refractivity contribution in [3.8, 4) is 16.9 Å². The SMILES string of the molecule is CC(=O)N1CCN(c2ncc(-c3ccc4c(=O)n(C)n(Cc5cc(CO)ccc5OC(F)F)c4c3)cn2)C[C@H]1C. The largest absolute Gasteiger partial charge is 0.434 e. The average Bonchev–Trinajstić information content (AvgIpc) is 3.17. The van der Waals surface area contributed by atoms with E-state index in [1.807, 2.05) is 28.9 Å². The van der Waals surface area contributed by atoms with E-state index in [1.54, 1.807) is 43.2 Å². The van der Waals surface area contributed by atoms with Crippen molar-refractivity contribution in [2.75, 3.05) is 24.5 Å². The zero-order valence-electron chi connectivity index (χ0n) is 22.4. The van der Waals surface area contributed by atoms with Crippen LogP contribution in [0.2, 0.25) is 0 Å². The zero-order chi connectivity index (χ0) is 28.6. The lowest BCUT2D eigenvalue weighted by molar-refractivity contribution is -0.131. The van der Waals surface area contributed by atoms with Crippen molar-refractivity contribution in [3.63, 3.8) is 0 Å². The van der Waals surface area contributed by atoms with Crippen molar-refractivity contribution in [3.05, 3.63) is 70.3 Å². The summed E-state index contributed by atoms with van der Waals surface area (Å²) in [6.07, 6.45) is 3.44. The molecule has 1 aliphatic rings. The Kier molecular flexibility index (Phi) is 7.53. The molecular weight excluding hydrogens is 522 g/mol. The summed E-state index contributed by atoms with van der Waals surface area (Å²) in [6, 6.07) is 9.92. The molecule has 1 saturated heterocycles. The average molecular weight is 553 g/mol. The molecule has 1 fully saturated rings. The van der Waals surface area contributed by atoms with E-state index in [1.165, 1.54) is 16.8 Å². The number of ether oxygens (including phenoxy) is 1. The predicted octanol–water partition coefficient (Wildman–Crippen LogP) is 3.00. The van der Waals surface area contributed by atoms with Crippen LogP contribution in [0.15, 0.2) is 53.6 Å². The van der Waals surface area contributed by atoms with Crippen LogP contribution in [-0.4, -0.2) is 67.5 Å². The van der Waals surface area contributed by atoms with Gasteiger partial charge in [0, 0.05) is 63.2 Å². The van der Waals surface area contributed by atoms with Crippen LogP contribution in [0.4, 0.5) is 14.7 Å². The molecule has 3 heterocycles. The third-order valence-corrected chi connectivity index (χ3v) is 7.29. The molecule has 0 spiro atoms. The minimum Gasteiger partial charge on any atom is -0.434 e. The third kappa shape index (κ3) is 5.26. The van der Waals surface area contributed by atoms with Crippen molar-refractivity contribution in [1.82, 2.24) is 24.2 Å². The number of anilines is 1. The van der Waals surface area contributed by atoms with Crippen LogP contribution in [0, 0.1) is 0 Å².